The molecule has 2 aromatic rings. The van der Waals surface area contributed by atoms with Crippen LogP contribution in [0.5, 0.6) is 0 Å². The normalized spacial score (nSPS) is 17.8. The van der Waals surface area contributed by atoms with E-state index in [0.717, 1.165) is 38.3 Å². The number of hydrogen-bond donors (Lipinski definition) is 1. The Bertz CT molecular complexity index is 909. The summed E-state index contributed by atoms with van der Waals surface area (Å²) in [5, 5.41) is 3.48. The topological polar surface area (TPSA) is 43.3 Å². The van der Waals surface area contributed by atoms with Gasteiger partial charge in [-0.15, -0.1) is 0 Å². The number of hydrogen-bond acceptors (Lipinski definition) is 4. The smallest absolute Gasteiger partial charge is 0.194 e. The lowest BCUT2D eigenvalue weighted by Crippen LogP contribution is -2.52. The van der Waals surface area contributed by atoms with E-state index in [9.17, 15) is 8.78 Å². The van der Waals surface area contributed by atoms with Gasteiger partial charge in [-0.25, -0.2) is 8.78 Å². The summed E-state index contributed by atoms with van der Waals surface area (Å²) in [6.45, 7) is 6.52. The van der Waals surface area contributed by atoms with Crippen molar-refractivity contribution in [3.8, 4) is 0 Å². The van der Waals surface area contributed by atoms with Crippen LogP contribution in [0.1, 0.15) is 5.56 Å². The molecular formula is C23H29F2N5O. The number of halogens is 2. The van der Waals surface area contributed by atoms with Crippen molar-refractivity contribution < 1.29 is 13.5 Å². The van der Waals surface area contributed by atoms with Crippen LogP contribution in [-0.4, -0.2) is 70.4 Å². The minimum atomic E-state index is -0.421. The van der Waals surface area contributed by atoms with Gasteiger partial charge in [0, 0.05) is 64.6 Å². The van der Waals surface area contributed by atoms with Crippen molar-refractivity contribution in [1.82, 2.24) is 10.2 Å². The van der Waals surface area contributed by atoms with Crippen LogP contribution in [0, 0.1) is 11.6 Å². The van der Waals surface area contributed by atoms with Crippen molar-refractivity contribution in [2.75, 3.05) is 69.3 Å². The summed E-state index contributed by atoms with van der Waals surface area (Å²) in [5.74, 6) is 0.00320. The molecule has 2 heterocycles. The van der Waals surface area contributed by atoms with Gasteiger partial charge in [0.15, 0.2) is 5.96 Å². The van der Waals surface area contributed by atoms with E-state index in [1.54, 1.807) is 7.05 Å². The van der Waals surface area contributed by atoms with Gasteiger partial charge >= 0.3 is 0 Å². The summed E-state index contributed by atoms with van der Waals surface area (Å²) in [4.78, 5) is 10.8. The fraction of sp³-hybridized carbons (Fsp3) is 0.435. The second-order valence-electron chi connectivity index (χ2n) is 7.70. The van der Waals surface area contributed by atoms with Crippen molar-refractivity contribution in [2.24, 2.45) is 4.99 Å². The Morgan fingerprint density at radius 2 is 1.65 bits per heavy atom. The van der Waals surface area contributed by atoms with E-state index in [2.05, 4.69) is 44.4 Å². The molecule has 1 N–H and O–H groups in total. The maximum Gasteiger partial charge on any atom is 0.194 e. The number of ether oxygens (including phenoxy) is 1. The van der Waals surface area contributed by atoms with Gasteiger partial charge in [0.25, 0.3) is 0 Å². The predicted octanol–water partition coefficient (Wildman–Crippen LogP) is 2.70. The first-order chi connectivity index (χ1) is 15.2. The molecule has 0 atom stereocenters. The molecule has 8 heteroatoms. The molecule has 0 aliphatic carbocycles. The molecule has 31 heavy (non-hydrogen) atoms. The highest BCUT2D eigenvalue weighted by Crippen LogP contribution is 2.23. The van der Waals surface area contributed by atoms with Crippen LogP contribution >= 0.6 is 0 Å². The van der Waals surface area contributed by atoms with Gasteiger partial charge in [0.1, 0.15) is 11.6 Å². The molecule has 2 aliphatic heterocycles. The van der Waals surface area contributed by atoms with E-state index >= 15 is 0 Å². The third-order valence-corrected chi connectivity index (χ3v) is 5.82. The summed E-state index contributed by atoms with van der Waals surface area (Å²) in [6.07, 6.45) is 0. The number of guanidine groups is 1. The van der Waals surface area contributed by atoms with Crippen LogP contribution in [0.15, 0.2) is 47.5 Å². The van der Waals surface area contributed by atoms with E-state index in [4.69, 9.17) is 4.74 Å². The van der Waals surface area contributed by atoms with Crippen molar-refractivity contribution in [3.05, 3.63) is 59.7 Å². The standard InChI is InChI=1S/C23H29F2N5O/c1-26-23(27-17-18-4-2-3-5-21(18)29-12-14-31-15-13-29)30-10-8-28(9-11-30)22-16-19(24)6-7-20(22)25/h2-7,16H,8-15,17H2,1H3,(H,26,27). The minimum absolute atomic E-state index is 0.321. The van der Waals surface area contributed by atoms with Crippen LogP contribution in [0.3, 0.4) is 0 Å². The number of benzene rings is 2. The van der Waals surface area contributed by atoms with Gasteiger partial charge in [0.05, 0.1) is 18.9 Å². The number of rotatable bonds is 4. The highest BCUT2D eigenvalue weighted by Gasteiger charge is 2.22. The lowest BCUT2D eigenvalue weighted by atomic mass is 10.1. The monoisotopic (exact) mass is 429 g/mol. The molecule has 0 bridgehead atoms. The van der Waals surface area contributed by atoms with Crippen LogP contribution in [0.4, 0.5) is 20.2 Å². The zero-order valence-electron chi connectivity index (χ0n) is 17.9. The Kier molecular flexibility index (Phi) is 6.86. The largest absolute Gasteiger partial charge is 0.378 e. The number of nitrogens with zero attached hydrogens (tertiary/aromatic N) is 4. The molecule has 2 aromatic carbocycles. The quantitative estimate of drug-likeness (QED) is 0.598. The van der Waals surface area contributed by atoms with Crippen molar-refractivity contribution in [3.63, 3.8) is 0 Å². The second-order valence-corrected chi connectivity index (χ2v) is 7.70. The van der Waals surface area contributed by atoms with Crippen LogP contribution in [-0.2, 0) is 11.3 Å². The summed E-state index contributed by atoms with van der Waals surface area (Å²) in [7, 11) is 1.77. The average Bonchev–Trinajstić information content (AvgIpc) is 2.82. The highest BCUT2D eigenvalue weighted by atomic mass is 19.1. The van der Waals surface area contributed by atoms with Crippen molar-refractivity contribution in [2.45, 2.75) is 6.54 Å². The fourth-order valence-corrected chi connectivity index (χ4v) is 4.17. The Hall–Kier alpha value is -2.87. The molecule has 2 aliphatic rings. The molecule has 0 amide bonds. The number of morpholine rings is 1. The first kappa shape index (κ1) is 21.4. The average molecular weight is 430 g/mol. The lowest BCUT2D eigenvalue weighted by molar-refractivity contribution is 0.122. The summed E-state index contributed by atoms with van der Waals surface area (Å²) in [5.41, 5.74) is 2.76. The molecule has 0 radical (unpaired) electrons. The Morgan fingerprint density at radius 1 is 0.935 bits per heavy atom. The van der Waals surface area contributed by atoms with Crippen molar-refractivity contribution in [1.29, 1.82) is 0 Å². The number of nitrogens with one attached hydrogen (secondary N) is 1. The van der Waals surface area contributed by atoms with Gasteiger partial charge in [-0.1, -0.05) is 18.2 Å². The Labute approximate surface area is 182 Å². The first-order valence-electron chi connectivity index (χ1n) is 10.7. The molecule has 0 saturated carbocycles. The molecule has 4 rings (SSSR count). The van der Waals surface area contributed by atoms with E-state index in [1.807, 2.05) is 4.90 Å². The Morgan fingerprint density at radius 3 is 2.39 bits per heavy atom. The maximum absolute atomic E-state index is 14.1. The van der Waals surface area contributed by atoms with Crippen LogP contribution in [0.2, 0.25) is 0 Å². The molecule has 2 fully saturated rings. The van der Waals surface area contributed by atoms with Gasteiger partial charge in [-0.3, -0.25) is 4.99 Å². The molecule has 0 spiro atoms. The molecule has 6 nitrogen and oxygen atoms in total. The van der Waals surface area contributed by atoms with Crippen molar-refractivity contribution >= 4 is 17.3 Å². The van der Waals surface area contributed by atoms with Crippen LogP contribution < -0.4 is 15.1 Å². The number of anilines is 2. The fourth-order valence-electron chi connectivity index (χ4n) is 4.17. The predicted molar refractivity (Wildman–Crippen MR) is 120 cm³/mol. The molecule has 2 saturated heterocycles. The second kappa shape index (κ2) is 9.96. The molecule has 0 unspecified atom stereocenters. The molecule has 166 valence electrons. The van der Waals surface area contributed by atoms with E-state index in [1.165, 1.54) is 23.4 Å². The van der Waals surface area contributed by atoms with Gasteiger partial charge in [-0.05, 0) is 23.8 Å². The Balaban J connectivity index is 1.36. The maximum atomic E-state index is 14.1. The third kappa shape index (κ3) is 5.07. The lowest BCUT2D eigenvalue weighted by Gasteiger charge is -2.38. The van der Waals surface area contributed by atoms with Gasteiger partial charge in [-0.2, -0.15) is 0 Å². The highest BCUT2D eigenvalue weighted by molar-refractivity contribution is 5.80. The zero-order chi connectivity index (χ0) is 21.6. The summed E-state index contributed by atoms with van der Waals surface area (Å²) < 4.78 is 33.1. The van der Waals surface area contributed by atoms with E-state index in [0.29, 0.717) is 38.4 Å². The summed E-state index contributed by atoms with van der Waals surface area (Å²) in [6, 6.07) is 12.0. The molecule has 0 aromatic heterocycles. The van der Waals surface area contributed by atoms with E-state index < -0.39 is 11.6 Å². The third-order valence-electron chi connectivity index (χ3n) is 5.82. The first-order valence-corrected chi connectivity index (χ1v) is 10.7. The summed E-state index contributed by atoms with van der Waals surface area (Å²) >= 11 is 0. The minimum Gasteiger partial charge on any atom is -0.378 e. The zero-order valence-corrected chi connectivity index (χ0v) is 17.9. The SMILES string of the molecule is CN=C(NCc1ccccc1N1CCOCC1)N1CCN(c2cc(F)ccc2F)CC1. The van der Waals surface area contributed by atoms with Crippen LogP contribution in [0.25, 0.3) is 0 Å². The number of aliphatic imine (C=N–C) groups is 1. The van der Waals surface area contributed by atoms with Gasteiger partial charge < -0.3 is 24.8 Å². The molecular weight excluding hydrogens is 400 g/mol. The van der Waals surface area contributed by atoms with E-state index in [-0.39, 0.29) is 0 Å². The number of para-hydroxylation sites is 1. The van der Waals surface area contributed by atoms with Gasteiger partial charge in [0.2, 0.25) is 0 Å². The number of piperazine rings is 1.